The lowest BCUT2D eigenvalue weighted by molar-refractivity contribution is -0.0104. The van der Waals surface area contributed by atoms with Crippen molar-refractivity contribution in [3.63, 3.8) is 0 Å². The molecule has 1 aromatic carbocycles. The van der Waals surface area contributed by atoms with Gasteiger partial charge < -0.3 is 15.2 Å². The normalized spacial score (nSPS) is 13.6. The molecular formula is C14H22FNO2. The second-order valence-electron chi connectivity index (χ2n) is 5.00. The fourth-order valence-electron chi connectivity index (χ4n) is 1.82. The van der Waals surface area contributed by atoms with Crippen molar-refractivity contribution in [2.45, 2.75) is 39.3 Å². The van der Waals surface area contributed by atoms with Gasteiger partial charge in [0.15, 0.2) is 0 Å². The number of ether oxygens (including phenoxy) is 1. The Labute approximate surface area is 108 Å². The Morgan fingerprint density at radius 1 is 1.44 bits per heavy atom. The Kier molecular flexibility index (Phi) is 5.11. The van der Waals surface area contributed by atoms with Crippen LogP contribution in [0, 0.1) is 5.82 Å². The molecule has 1 rings (SSSR count). The molecule has 0 heterocycles. The van der Waals surface area contributed by atoms with Crippen molar-refractivity contribution in [1.29, 1.82) is 0 Å². The van der Waals surface area contributed by atoms with Crippen molar-refractivity contribution in [2.24, 2.45) is 0 Å². The summed E-state index contributed by atoms with van der Waals surface area (Å²) in [7, 11) is 0. The molecule has 0 aliphatic heterocycles. The highest BCUT2D eigenvalue weighted by Gasteiger charge is 2.19. The summed E-state index contributed by atoms with van der Waals surface area (Å²) in [5, 5.41) is 12.4. The zero-order valence-electron chi connectivity index (χ0n) is 11.5. The fourth-order valence-corrected chi connectivity index (χ4v) is 1.82. The summed E-state index contributed by atoms with van der Waals surface area (Å²) in [6.45, 7) is 9.09. The van der Waals surface area contributed by atoms with Gasteiger partial charge in [0.2, 0.25) is 0 Å². The van der Waals surface area contributed by atoms with Crippen LogP contribution in [-0.4, -0.2) is 23.9 Å². The minimum Gasteiger partial charge on any atom is -0.508 e. The third-order valence-electron chi connectivity index (χ3n) is 2.82. The van der Waals surface area contributed by atoms with Crippen LogP contribution in [0.1, 0.15) is 39.3 Å². The summed E-state index contributed by atoms with van der Waals surface area (Å²) < 4.78 is 19.2. The maximum atomic E-state index is 13.6. The van der Waals surface area contributed by atoms with Crippen molar-refractivity contribution in [1.82, 2.24) is 5.32 Å². The van der Waals surface area contributed by atoms with Crippen LogP contribution < -0.4 is 5.32 Å². The monoisotopic (exact) mass is 255 g/mol. The first kappa shape index (κ1) is 14.9. The molecule has 1 unspecified atom stereocenters. The SMILES string of the molecule is CCOC(C)(C)CNC(C)c1ccc(O)cc1F. The van der Waals surface area contributed by atoms with Crippen molar-refractivity contribution in [3.8, 4) is 5.75 Å². The van der Waals surface area contributed by atoms with E-state index in [1.54, 1.807) is 6.07 Å². The van der Waals surface area contributed by atoms with E-state index in [-0.39, 0.29) is 17.4 Å². The van der Waals surface area contributed by atoms with Gasteiger partial charge in [-0.05, 0) is 33.8 Å². The van der Waals surface area contributed by atoms with Crippen LogP contribution in [0.3, 0.4) is 0 Å². The molecule has 0 bridgehead atoms. The molecule has 4 heteroatoms. The summed E-state index contributed by atoms with van der Waals surface area (Å²) in [4.78, 5) is 0. The van der Waals surface area contributed by atoms with Gasteiger partial charge in [-0.15, -0.1) is 0 Å². The highest BCUT2D eigenvalue weighted by atomic mass is 19.1. The van der Waals surface area contributed by atoms with E-state index >= 15 is 0 Å². The molecule has 0 radical (unpaired) electrons. The molecule has 18 heavy (non-hydrogen) atoms. The number of benzene rings is 1. The molecule has 0 aliphatic carbocycles. The number of rotatable bonds is 6. The lowest BCUT2D eigenvalue weighted by Crippen LogP contribution is -2.38. The molecule has 0 saturated heterocycles. The van der Waals surface area contributed by atoms with E-state index in [0.29, 0.717) is 18.7 Å². The summed E-state index contributed by atoms with van der Waals surface area (Å²) in [6.07, 6.45) is 0. The Hall–Kier alpha value is -1.13. The number of phenolic OH excluding ortho intramolecular Hbond substituents is 1. The fraction of sp³-hybridized carbons (Fsp3) is 0.571. The molecular weight excluding hydrogens is 233 g/mol. The van der Waals surface area contributed by atoms with Crippen LogP contribution >= 0.6 is 0 Å². The largest absolute Gasteiger partial charge is 0.508 e. The van der Waals surface area contributed by atoms with Crippen molar-refractivity contribution in [3.05, 3.63) is 29.6 Å². The lowest BCUT2D eigenvalue weighted by Gasteiger charge is -2.27. The van der Waals surface area contributed by atoms with Gasteiger partial charge in [0, 0.05) is 30.8 Å². The molecule has 1 aromatic rings. The van der Waals surface area contributed by atoms with Gasteiger partial charge in [-0.2, -0.15) is 0 Å². The van der Waals surface area contributed by atoms with Gasteiger partial charge in [0.25, 0.3) is 0 Å². The minimum atomic E-state index is -0.399. The molecule has 0 fully saturated rings. The third kappa shape index (κ3) is 4.27. The smallest absolute Gasteiger partial charge is 0.131 e. The Bertz CT molecular complexity index is 393. The number of phenols is 1. The second-order valence-corrected chi connectivity index (χ2v) is 5.00. The summed E-state index contributed by atoms with van der Waals surface area (Å²) in [5.74, 6) is -0.456. The van der Waals surface area contributed by atoms with Crippen molar-refractivity contribution >= 4 is 0 Å². The lowest BCUT2D eigenvalue weighted by atomic mass is 10.1. The van der Waals surface area contributed by atoms with E-state index in [2.05, 4.69) is 5.32 Å². The van der Waals surface area contributed by atoms with Gasteiger partial charge in [0.1, 0.15) is 11.6 Å². The zero-order chi connectivity index (χ0) is 13.8. The molecule has 0 aromatic heterocycles. The zero-order valence-corrected chi connectivity index (χ0v) is 11.5. The average molecular weight is 255 g/mol. The number of nitrogens with one attached hydrogen (secondary N) is 1. The first-order valence-electron chi connectivity index (χ1n) is 6.21. The van der Waals surface area contributed by atoms with E-state index in [1.165, 1.54) is 6.07 Å². The summed E-state index contributed by atoms with van der Waals surface area (Å²) >= 11 is 0. The van der Waals surface area contributed by atoms with E-state index in [1.807, 2.05) is 27.7 Å². The van der Waals surface area contributed by atoms with Crippen molar-refractivity contribution in [2.75, 3.05) is 13.2 Å². The van der Waals surface area contributed by atoms with Gasteiger partial charge >= 0.3 is 0 Å². The predicted molar refractivity (Wildman–Crippen MR) is 70.2 cm³/mol. The first-order valence-corrected chi connectivity index (χ1v) is 6.21. The van der Waals surface area contributed by atoms with Crippen molar-refractivity contribution < 1.29 is 14.2 Å². The Balaban J connectivity index is 2.63. The summed E-state index contributed by atoms with van der Waals surface area (Å²) in [5.41, 5.74) is 0.260. The molecule has 2 N–H and O–H groups in total. The van der Waals surface area contributed by atoms with Gasteiger partial charge in [-0.25, -0.2) is 4.39 Å². The Morgan fingerprint density at radius 2 is 2.11 bits per heavy atom. The topological polar surface area (TPSA) is 41.5 Å². The molecule has 102 valence electrons. The van der Waals surface area contributed by atoms with Crippen LogP contribution in [0.4, 0.5) is 4.39 Å². The third-order valence-corrected chi connectivity index (χ3v) is 2.82. The maximum absolute atomic E-state index is 13.6. The standard InChI is InChI=1S/C14H22FNO2/c1-5-18-14(3,4)9-16-10(2)12-7-6-11(17)8-13(12)15/h6-8,10,16-17H,5,9H2,1-4H3. The van der Waals surface area contributed by atoms with Crippen LogP contribution in [-0.2, 0) is 4.74 Å². The second kappa shape index (κ2) is 6.16. The van der Waals surface area contributed by atoms with Gasteiger partial charge in [0.05, 0.1) is 5.60 Å². The predicted octanol–water partition coefficient (Wildman–Crippen LogP) is 3.00. The number of hydrogen-bond donors (Lipinski definition) is 2. The molecule has 0 saturated carbocycles. The van der Waals surface area contributed by atoms with E-state index < -0.39 is 5.82 Å². The number of halogens is 1. The van der Waals surface area contributed by atoms with Crippen LogP contribution in [0.5, 0.6) is 5.75 Å². The van der Waals surface area contributed by atoms with Gasteiger partial charge in [-0.3, -0.25) is 0 Å². The molecule has 3 nitrogen and oxygen atoms in total. The average Bonchev–Trinajstić information content (AvgIpc) is 2.26. The minimum absolute atomic E-state index is 0.0573. The van der Waals surface area contributed by atoms with E-state index in [0.717, 1.165) is 6.07 Å². The number of aromatic hydroxyl groups is 1. The molecule has 1 atom stereocenters. The summed E-state index contributed by atoms with van der Waals surface area (Å²) in [6, 6.07) is 4.08. The maximum Gasteiger partial charge on any atom is 0.131 e. The number of hydrogen-bond acceptors (Lipinski definition) is 3. The highest BCUT2D eigenvalue weighted by Crippen LogP contribution is 2.21. The van der Waals surface area contributed by atoms with Crippen LogP contribution in [0.25, 0.3) is 0 Å². The van der Waals surface area contributed by atoms with Crippen LogP contribution in [0.15, 0.2) is 18.2 Å². The molecule has 0 aliphatic rings. The quantitative estimate of drug-likeness (QED) is 0.821. The van der Waals surface area contributed by atoms with E-state index in [9.17, 15) is 4.39 Å². The highest BCUT2D eigenvalue weighted by molar-refractivity contribution is 5.29. The Morgan fingerprint density at radius 3 is 2.67 bits per heavy atom. The van der Waals surface area contributed by atoms with Gasteiger partial charge in [-0.1, -0.05) is 6.07 Å². The van der Waals surface area contributed by atoms with Crippen LogP contribution in [0.2, 0.25) is 0 Å². The molecule has 0 amide bonds. The van der Waals surface area contributed by atoms with E-state index in [4.69, 9.17) is 9.84 Å². The first-order chi connectivity index (χ1) is 8.35. The molecule has 0 spiro atoms.